The monoisotopic (exact) mass is 290 g/mol. The molecule has 1 rings (SSSR count). The van der Waals surface area contributed by atoms with Crippen LogP contribution in [0.15, 0.2) is 30.3 Å². The fourth-order valence-electron chi connectivity index (χ4n) is 2.55. The van der Waals surface area contributed by atoms with Gasteiger partial charge in [-0.2, -0.15) is 0 Å². The molecule has 3 nitrogen and oxygen atoms in total. The number of nitrogens with one attached hydrogen (secondary N) is 1. The molecule has 118 valence electrons. The number of hydrogen-bond donors (Lipinski definition) is 1. The molecule has 1 atom stereocenters. The minimum atomic E-state index is 0.0293. The zero-order valence-electron chi connectivity index (χ0n) is 14.1. The highest BCUT2D eigenvalue weighted by Crippen LogP contribution is 2.21. The lowest BCUT2D eigenvalue weighted by Gasteiger charge is -2.30. The van der Waals surface area contributed by atoms with E-state index in [-0.39, 0.29) is 17.4 Å². The standard InChI is InChI=1S/C18H30N2O/c1-6-20(7-2)16(15-11-9-8-10-12-15)14-19-17(21)13-18(3,4)5/h8-12,16H,6-7,13-14H2,1-5H3,(H,19,21). The first-order chi connectivity index (χ1) is 9.87. The summed E-state index contributed by atoms with van der Waals surface area (Å²) < 4.78 is 0. The van der Waals surface area contributed by atoms with Crippen molar-refractivity contribution in [1.82, 2.24) is 10.2 Å². The van der Waals surface area contributed by atoms with E-state index in [1.807, 2.05) is 6.07 Å². The number of benzene rings is 1. The maximum Gasteiger partial charge on any atom is 0.220 e. The largest absolute Gasteiger partial charge is 0.354 e. The van der Waals surface area contributed by atoms with Crippen molar-refractivity contribution in [2.75, 3.05) is 19.6 Å². The Balaban J connectivity index is 2.73. The molecule has 0 aromatic heterocycles. The topological polar surface area (TPSA) is 32.3 Å². The molecule has 1 amide bonds. The van der Waals surface area contributed by atoms with E-state index in [2.05, 4.69) is 69.1 Å². The first-order valence-corrected chi connectivity index (χ1v) is 7.93. The molecule has 0 saturated carbocycles. The Morgan fingerprint density at radius 3 is 2.19 bits per heavy atom. The second-order valence-corrected chi connectivity index (χ2v) is 6.69. The molecule has 0 spiro atoms. The van der Waals surface area contributed by atoms with Gasteiger partial charge in [0, 0.05) is 13.0 Å². The first kappa shape index (κ1) is 17.7. The number of carbonyl (C=O) groups excluding carboxylic acids is 1. The van der Waals surface area contributed by atoms with E-state index in [0.29, 0.717) is 13.0 Å². The van der Waals surface area contributed by atoms with Crippen molar-refractivity contribution < 1.29 is 4.79 Å². The number of hydrogen-bond acceptors (Lipinski definition) is 2. The van der Waals surface area contributed by atoms with Crippen LogP contribution < -0.4 is 5.32 Å². The fourth-order valence-corrected chi connectivity index (χ4v) is 2.55. The molecule has 3 heteroatoms. The van der Waals surface area contributed by atoms with E-state index >= 15 is 0 Å². The molecule has 1 aromatic carbocycles. The molecule has 0 aliphatic rings. The van der Waals surface area contributed by atoms with Crippen molar-refractivity contribution in [3.8, 4) is 0 Å². The second-order valence-electron chi connectivity index (χ2n) is 6.69. The van der Waals surface area contributed by atoms with Crippen LogP contribution in [0.25, 0.3) is 0 Å². The highest BCUT2D eigenvalue weighted by Gasteiger charge is 2.20. The number of nitrogens with zero attached hydrogens (tertiary/aromatic N) is 1. The predicted octanol–water partition coefficient (Wildman–Crippen LogP) is 3.62. The van der Waals surface area contributed by atoms with Gasteiger partial charge in [-0.25, -0.2) is 0 Å². The van der Waals surface area contributed by atoms with Gasteiger partial charge in [0.1, 0.15) is 0 Å². The van der Waals surface area contributed by atoms with Gasteiger partial charge in [0.25, 0.3) is 0 Å². The van der Waals surface area contributed by atoms with E-state index in [9.17, 15) is 4.79 Å². The van der Waals surface area contributed by atoms with Crippen molar-refractivity contribution in [2.24, 2.45) is 5.41 Å². The number of likely N-dealkylation sites (N-methyl/N-ethyl adjacent to an activating group) is 1. The molecule has 0 radical (unpaired) electrons. The quantitative estimate of drug-likeness (QED) is 0.832. The Kier molecular flexibility index (Phi) is 6.90. The van der Waals surface area contributed by atoms with E-state index in [1.54, 1.807) is 0 Å². The Hall–Kier alpha value is -1.35. The summed E-state index contributed by atoms with van der Waals surface area (Å²) in [5.41, 5.74) is 1.29. The highest BCUT2D eigenvalue weighted by molar-refractivity contribution is 5.76. The van der Waals surface area contributed by atoms with Gasteiger partial charge in [-0.1, -0.05) is 65.0 Å². The van der Waals surface area contributed by atoms with Crippen LogP contribution in [0.1, 0.15) is 52.6 Å². The average molecular weight is 290 g/mol. The molecule has 0 fully saturated rings. The summed E-state index contributed by atoms with van der Waals surface area (Å²) in [4.78, 5) is 14.4. The molecule has 1 aromatic rings. The molecule has 1 unspecified atom stereocenters. The molecule has 21 heavy (non-hydrogen) atoms. The van der Waals surface area contributed by atoms with Gasteiger partial charge < -0.3 is 5.32 Å². The normalized spacial score (nSPS) is 13.2. The van der Waals surface area contributed by atoms with Gasteiger partial charge in [-0.15, -0.1) is 0 Å². The van der Waals surface area contributed by atoms with Crippen LogP contribution in [0, 0.1) is 5.41 Å². The summed E-state index contributed by atoms with van der Waals surface area (Å²) in [5, 5.41) is 3.11. The van der Waals surface area contributed by atoms with Gasteiger partial charge in [-0.05, 0) is 24.1 Å². The number of rotatable bonds is 7. The van der Waals surface area contributed by atoms with Crippen molar-refractivity contribution in [2.45, 2.75) is 47.1 Å². The second kappa shape index (κ2) is 8.18. The van der Waals surface area contributed by atoms with Crippen molar-refractivity contribution in [3.63, 3.8) is 0 Å². The van der Waals surface area contributed by atoms with Crippen LogP contribution in [0.3, 0.4) is 0 Å². The number of amides is 1. The van der Waals surface area contributed by atoms with Gasteiger partial charge in [0.05, 0.1) is 6.04 Å². The van der Waals surface area contributed by atoms with Crippen LogP contribution in [0.4, 0.5) is 0 Å². The summed E-state index contributed by atoms with van der Waals surface area (Å²) in [6.45, 7) is 13.2. The molecule has 0 aliphatic heterocycles. The number of carbonyl (C=O) groups is 1. The van der Waals surface area contributed by atoms with Gasteiger partial charge in [0.2, 0.25) is 5.91 Å². The summed E-state index contributed by atoms with van der Waals surface area (Å²) >= 11 is 0. The third kappa shape index (κ3) is 6.30. The maximum absolute atomic E-state index is 12.1. The van der Waals surface area contributed by atoms with Crippen LogP contribution in [0.5, 0.6) is 0 Å². The SMILES string of the molecule is CCN(CC)C(CNC(=O)CC(C)(C)C)c1ccccc1. The molecule has 0 heterocycles. The minimum Gasteiger partial charge on any atom is -0.354 e. The summed E-state index contributed by atoms with van der Waals surface area (Å²) in [5.74, 6) is 0.135. The molecular weight excluding hydrogens is 260 g/mol. The van der Waals surface area contributed by atoms with Crippen LogP contribution in [-0.2, 0) is 4.79 Å². The van der Waals surface area contributed by atoms with Gasteiger partial charge in [0.15, 0.2) is 0 Å². The third-order valence-corrected chi connectivity index (χ3v) is 3.62. The minimum absolute atomic E-state index is 0.0293. The third-order valence-electron chi connectivity index (χ3n) is 3.62. The van der Waals surface area contributed by atoms with Crippen molar-refractivity contribution >= 4 is 5.91 Å². The van der Waals surface area contributed by atoms with E-state index in [4.69, 9.17) is 0 Å². The fraction of sp³-hybridized carbons (Fsp3) is 0.611. The summed E-state index contributed by atoms with van der Waals surface area (Å²) in [6, 6.07) is 10.7. The van der Waals surface area contributed by atoms with Gasteiger partial charge in [-0.3, -0.25) is 9.69 Å². The van der Waals surface area contributed by atoms with Crippen LogP contribution >= 0.6 is 0 Å². The lowest BCUT2D eigenvalue weighted by atomic mass is 9.92. The van der Waals surface area contributed by atoms with E-state index in [0.717, 1.165) is 13.1 Å². The zero-order valence-corrected chi connectivity index (χ0v) is 14.1. The van der Waals surface area contributed by atoms with Crippen LogP contribution in [0.2, 0.25) is 0 Å². The lowest BCUT2D eigenvalue weighted by molar-refractivity contribution is -0.123. The molecule has 0 bridgehead atoms. The molecular formula is C18H30N2O. The van der Waals surface area contributed by atoms with E-state index in [1.165, 1.54) is 5.56 Å². The maximum atomic E-state index is 12.1. The highest BCUT2D eigenvalue weighted by atomic mass is 16.1. The Morgan fingerprint density at radius 1 is 1.14 bits per heavy atom. The average Bonchev–Trinajstić information content (AvgIpc) is 2.42. The first-order valence-electron chi connectivity index (χ1n) is 7.93. The Bertz CT molecular complexity index is 419. The van der Waals surface area contributed by atoms with Gasteiger partial charge >= 0.3 is 0 Å². The predicted molar refractivity (Wildman–Crippen MR) is 89.2 cm³/mol. The molecule has 0 saturated heterocycles. The summed E-state index contributed by atoms with van der Waals surface area (Å²) in [6.07, 6.45) is 0.562. The van der Waals surface area contributed by atoms with E-state index < -0.39 is 0 Å². The molecule has 0 aliphatic carbocycles. The summed E-state index contributed by atoms with van der Waals surface area (Å²) in [7, 11) is 0. The van der Waals surface area contributed by atoms with Crippen LogP contribution in [-0.4, -0.2) is 30.4 Å². The van der Waals surface area contributed by atoms with Crippen molar-refractivity contribution in [3.05, 3.63) is 35.9 Å². The molecule has 1 N–H and O–H groups in total. The lowest BCUT2D eigenvalue weighted by Crippen LogP contribution is -2.38. The smallest absolute Gasteiger partial charge is 0.220 e. The zero-order chi connectivity index (χ0) is 15.9. The Labute approximate surface area is 129 Å². The Morgan fingerprint density at radius 2 is 1.71 bits per heavy atom. The van der Waals surface area contributed by atoms with Crippen molar-refractivity contribution in [1.29, 1.82) is 0 Å².